The van der Waals surface area contributed by atoms with Crippen LogP contribution < -0.4 is 5.73 Å². The van der Waals surface area contributed by atoms with Gasteiger partial charge in [0.15, 0.2) is 0 Å². The Morgan fingerprint density at radius 3 is 2.76 bits per heavy atom. The molecule has 4 nitrogen and oxygen atoms in total. The number of likely N-dealkylation sites (tertiary alicyclic amines) is 1. The topological polar surface area (TPSA) is 55.6 Å². The molecule has 1 saturated heterocycles. The van der Waals surface area contributed by atoms with Crippen LogP contribution in [0.25, 0.3) is 0 Å². The van der Waals surface area contributed by atoms with Crippen molar-refractivity contribution in [3.63, 3.8) is 0 Å². The molecule has 1 aliphatic heterocycles. The number of amides is 1. The van der Waals surface area contributed by atoms with E-state index < -0.39 is 5.60 Å². The third-order valence-corrected chi connectivity index (χ3v) is 3.64. The molecule has 0 aromatic rings. The minimum Gasteiger partial charge on any atom is -0.393 e. The second-order valence-corrected chi connectivity index (χ2v) is 5.69. The average molecular weight is 258 g/mol. The maximum atomic E-state index is 12.1. The Kier molecular flexibility index (Phi) is 4.89. The van der Waals surface area contributed by atoms with Crippen LogP contribution in [0.15, 0.2) is 0 Å². The van der Waals surface area contributed by atoms with Crippen LogP contribution in [-0.2, 0) is 9.53 Å². The van der Waals surface area contributed by atoms with Gasteiger partial charge in [-0.3, -0.25) is 4.79 Å². The van der Waals surface area contributed by atoms with Gasteiger partial charge >= 0.3 is 0 Å². The van der Waals surface area contributed by atoms with E-state index in [2.05, 4.69) is 0 Å². The molecule has 0 aromatic heterocycles. The number of nitrogens with zero attached hydrogens (tertiary/aromatic N) is 1. The summed E-state index contributed by atoms with van der Waals surface area (Å²) < 4.78 is 5.28. The van der Waals surface area contributed by atoms with Crippen molar-refractivity contribution in [1.82, 2.24) is 4.90 Å². The zero-order valence-corrected chi connectivity index (χ0v) is 11.7. The third-order valence-electron chi connectivity index (χ3n) is 3.31. The van der Waals surface area contributed by atoms with E-state index in [1.165, 1.54) is 0 Å². The molecule has 5 heteroatoms. The van der Waals surface area contributed by atoms with Crippen molar-refractivity contribution in [3.05, 3.63) is 0 Å². The lowest BCUT2D eigenvalue weighted by molar-refractivity contribution is -0.137. The van der Waals surface area contributed by atoms with E-state index in [9.17, 15) is 4.79 Å². The summed E-state index contributed by atoms with van der Waals surface area (Å²) in [7, 11) is 1.63. The molecule has 1 atom stereocenters. The molecule has 0 radical (unpaired) electrons. The second kappa shape index (κ2) is 5.78. The molecule has 1 unspecified atom stereocenters. The maximum Gasteiger partial charge on any atom is 0.225 e. The van der Waals surface area contributed by atoms with Crippen molar-refractivity contribution in [2.24, 2.45) is 11.7 Å². The number of hydrogen-bond donors (Lipinski definition) is 1. The number of methoxy groups -OCH3 is 1. The normalized spacial score (nSPS) is 21.4. The van der Waals surface area contributed by atoms with Crippen molar-refractivity contribution in [2.45, 2.75) is 38.7 Å². The van der Waals surface area contributed by atoms with Gasteiger partial charge in [-0.1, -0.05) is 12.2 Å². The minimum atomic E-state index is -0.409. The molecule has 0 aromatic carbocycles. The van der Waals surface area contributed by atoms with Crippen molar-refractivity contribution < 1.29 is 9.53 Å². The van der Waals surface area contributed by atoms with E-state index in [0.29, 0.717) is 18.0 Å². The molecule has 1 heterocycles. The fourth-order valence-electron chi connectivity index (χ4n) is 1.98. The molecule has 0 spiro atoms. The Bertz CT molecular complexity index is 305. The van der Waals surface area contributed by atoms with Gasteiger partial charge in [0.05, 0.1) is 17.0 Å². The molecule has 0 aliphatic carbocycles. The van der Waals surface area contributed by atoms with Crippen molar-refractivity contribution in [2.75, 3.05) is 20.2 Å². The van der Waals surface area contributed by atoms with E-state index in [-0.39, 0.29) is 11.8 Å². The van der Waals surface area contributed by atoms with Gasteiger partial charge in [0.2, 0.25) is 5.91 Å². The quantitative estimate of drug-likeness (QED) is 0.773. The van der Waals surface area contributed by atoms with E-state index in [0.717, 1.165) is 19.4 Å². The highest BCUT2D eigenvalue weighted by Crippen LogP contribution is 2.20. The average Bonchev–Trinajstić information content (AvgIpc) is 2.28. The van der Waals surface area contributed by atoms with Gasteiger partial charge in [0, 0.05) is 26.1 Å². The summed E-state index contributed by atoms with van der Waals surface area (Å²) in [4.78, 5) is 14.5. The zero-order chi connectivity index (χ0) is 13.1. The van der Waals surface area contributed by atoms with Gasteiger partial charge in [-0.25, -0.2) is 0 Å². The maximum absolute atomic E-state index is 12.1. The van der Waals surface area contributed by atoms with Gasteiger partial charge < -0.3 is 15.4 Å². The number of carbonyl (C=O) groups excluding carboxylic acids is 1. The Morgan fingerprint density at radius 1 is 1.59 bits per heavy atom. The third kappa shape index (κ3) is 4.24. The fraction of sp³-hybridized carbons (Fsp3) is 0.833. The first kappa shape index (κ1) is 14.4. The number of thiocarbonyl (C=S) groups is 1. The molecule has 17 heavy (non-hydrogen) atoms. The minimum absolute atomic E-state index is 0.123. The lowest BCUT2D eigenvalue weighted by Gasteiger charge is -2.34. The van der Waals surface area contributed by atoms with E-state index >= 15 is 0 Å². The molecule has 98 valence electrons. The summed E-state index contributed by atoms with van der Waals surface area (Å²) in [6.45, 7) is 5.30. The van der Waals surface area contributed by atoms with E-state index in [4.69, 9.17) is 22.7 Å². The van der Waals surface area contributed by atoms with Crippen LogP contribution >= 0.6 is 12.2 Å². The van der Waals surface area contributed by atoms with E-state index in [1.54, 1.807) is 7.11 Å². The SMILES string of the molecule is COC(C)(C)CC(=O)N1CCCC(C(N)=S)C1. The van der Waals surface area contributed by atoms with Gasteiger partial charge in [0.25, 0.3) is 0 Å². The summed E-state index contributed by atoms with van der Waals surface area (Å²) in [5, 5.41) is 0. The van der Waals surface area contributed by atoms with Crippen LogP contribution in [0, 0.1) is 5.92 Å². The van der Waals surface area contributed by atoms with Gasteiger partial charge in [-0.2, -0.15) is 0 Å². The first-order valence-electron chi connectivity index (χ1n) is 5.98. The summed E-state index contributed by atoms with van der Waals surface area (Å²) >= 11 is 5.00. The van der Waals surface area contributed by atoms with Crippen LogP contribution in [0.4, 0.5) is 0 Å². The Morgan fingerprint density at radius 2 is 2.24 bits per heavy atom. The first-order chi connectivity index (χ1) is 7.85. The lowest BCUT2D eigenvalue weighted by atomic mass is 9.96. The predicted molar refractivity (Wildman–Crippen MR) is 71.8 cm³/mol. The van der Waals surface area contributed by atoms with E-state index in [1.807, 2.05) is 18.7 Å². The monoisotopic (exact) mass is 258 g/mol. The highest BCUT2D eigenvalue weighted by Gasteiger charge is 2.29. The molecule has 1 fully saturated rings. The number of nitrogens with two attached hydrogens (primary N) is 1. The van der Waals surface area contributed by atoms with Crippen LogP contribution in [0.1, 0.15) is 33.1 Å². The fourth-order valence-corrected chi connectivity index (χ4v) is 2.18. The molecular formula is C12H22N2O2S. The smallest absolute Gasteiger partial charge is 0.225 e. The van der Waals surface area contributed by atoms with Gasteiger partial charge in [-0.15, -0.1) is 0 Å². The summed E-state index contributed by atoms with van der Waals surface area (Å²) in [5.41, 5.74) is 5.24. The number of piperidine rings is 1. The standard InChI is InChI=1S/C12H22N2O2S/c1-12(2,16-3)7-10(15)14-6-4-5-9(8-14)11(13)17/h9H,4-8H2,1-3H3,(H2,13,17). The molecule has 1 aliphatic rings. The number of rotatable bonds is 4. The van der Waals surface area contributed by atoms with Crippen LogP contribution in [0.2, 0.25) is 0 Å². The first-order valence-corrected chi connectivity index (χ1v) is 6.39. The van der Waals surface area contributed by atoms with Crippen LogP contribution in [-0.4, -0.2) is 41.6 Å². The number of hydrogen-bond acceptors (Lipinski definition) is 3. The van der Waals surface area contributed by atoms with Crippen molar-refractivity contribution in [3.8, 4) is 0 Å². The largest absolute Gasteiger partial charge is 0.393 e. The summed E-state index contributed by atoms with van der Waals surface area (Å²) in [6.07, 6.45) is 2.36. The Balaban J connectivity index is 2.55. The van der Waals surface area contributed by atoms with Gasteiger partial charge in [-0.05, 0) is 26.7 Å². The highest BCUT2D eigenvalue weighted by atomic mass is 32.1. The number of ether oxygens (including phenoxy) is 1. The lowest BCUT2D eigenvalue weighted by Crippen LogP contribution is -2.45. The molecule has 1 rings (SSSR count). The molecular weight excluding hydrogens is 236 g/mol. The van der Waals surface area contributed by atoms with Crippen LogP contribution in [0.5, 0.6) is 0 Å². The summed E-state index contributed by atoms with van der Waals surface area (Å²) in [6, 6.07) is 0. The van der Waals surface area contributed by atoms with Crippen molar-refractivity contribution >= 4 is 23.1 Å². The molecule has 0 bridgehead atoms. The second-order valence-electron chi connectivity index (χ2n) is 5.22. The highest BCUT2D eigenvalue weighted by molar-refractivity contribution is 7.80. The summed E-state index contributed by atoms with van der Waals surface area (Å²) in [5.74, 6) is 0.297. The molecule has 1 amide bonds. The molecule has 2 N–H and O–H groups in total. The molecule has 0 saturated carbocycles. The van der Waals surface area contributed by atoms with Crippen molar-refractivity contribution in [1.29, 1.82) is 0 Å². The number of carbonyl (C=O) groups is 1. The van der Waals surface area contributed by atoms with Gasteiger partial charge in [0.1, 0.15) is 0 Å². The predicted octanol–water partition coefficient (Wildman–Crippen LogP) is 1.33. The Hall–Kier alpha value is -0.680. The Labute approximate surface area is 108 Å². The zero-order valence-electron chi connectivity index (χ0n) is 10.9. The van der Waals surface area contributed by atoms with Crippen LogP contribution in [0.3, 0.4) is 0 Å².